The molecule has 0 radical (unpaired) electrons. The van der Waals surface area contributed by atoms with Gasteiger partial charge in [0.15, 0.2) is 11.5 Å². The second-order valence-corrected chi connectivity index (χ2v) is 7.14. The average molecular weight is 472 g/mol. The van der Waals surface area contributed by atoms with Gasteiger partial charge in [-0.1, -0.05) is 57.9 Å². The molecule has 29 heavy (non-hydrogen) atoms. The molecule has 6 nitrogen and oxygen atoms in total. The highest BCUT2D eigenvalue weighted by atomic mass is 79.9. The van der Waals surface area contributed by atoms with Crippen molar-refractivity contribution in [2.24, 2.45) is 10.7 Å². The molecule has 1 heterocycles. The van der Waals surface area contributed by atoms with Gasteiger partial charge in [0.1, 0.15) is 0 Å². The van der Waals surface area contributed by atoms with E-state index in [0.29, 0.717) is 0 Å². The maximum absolute atomic E-state index is 13.0. The van der Waals surface area contributed by atoms with E-state index in [1.807, 2.05) is 55.5 Å². The molecule has 1 amide bonds. The lowest BCUT2D eigenvalue weighted by atomic mass is 9.82. The number of carbonyl (C=O) groups excluding carboxylic acids is 1. The fourth-order valence-electron chi connectivity index (χ4n) is 2.77. The van der Waals surface area contributed by atoms with Crippen LogP contribution in [0.3, 0.4) is 0 Å². The van der Waals surface area contributed by atoms with Gasteiger partial charge in [-0.3, -0.25) is 9.69 Å². The van der Waals surface area contributed by atoms with Crippen molar-refractivity contribution < 1.29 is 27.9 Å². The minimum Gasteiger partial charge on any atom is -0.475 e. The van der Waals surface area contributed by atoms with Crippen molar-refractivity contribution in [3.05, 3.63) is 69.7 Å². The Bertz CT molecular complexity index is 931. The van der Waals surface area contributed by atoms with Gasteiger partial charge in [0.05, 0.1) is 0 Å². The van der Waals surface area contributed by atoms with Crippen LogP contribution in [0.15, 0.2) is 58.0 Å². The van der Waals surface area contributed by atoms with Gasteiger partial charge >= 0.3 is 12.1 Å². The second kappa shape index (κ2) is 8.24. The minimum atomic E-state index is -5.08. The van der Waals surface area contributed by atoms with Gasteiger partial charge in [-0.2, -0.15) is 13.2 Å². The molecule has 2 aromatic carbocycles. The van der Waals surface area contributed by atoms with E-state index in [1.54, 1.807) is 7.05 Å². The van der Waals surface area contributed by atoms with E-state index in [2.05, 4.69) is 20.9 Å². The fraction of sp³-hybridized carbons (Fsp3) is 0.211. The van der Waals surface area contributed by atoms with Crippen molar-refractivity contribution >= 4 is 33.8 Å². The molecule has 0 aliphatic carbocycles. The maximum Gasteiger partial charge on any atom is 0.490 e. The molecular formula is C19H17BrF3N3O3. The quantitative estimate of drug-likeness (QED) is 0.701. The molecule has 0 fully saturated rings. The fourth-order valence-corrected chi connectivity index (χ4v) is 3.17. The molecule has 154 valence electrons. The number of guanidine groups is 1. The number of aliphatic imine (C=N–C) groups is 1. The third-order valence-corrected chi connectivity index (χ3v) is 4.65. The summed E-state index contributed by atoms with van der Waals surface area (Å²) >= 11 is 3.47. The Kier molecular flexibility index (Phi) is 6.37. The molecule has 1 unspecified atom stereocenters. The van der Waals surface area contributed by atoms with E-state index >= 15 is 0 Å². The van der Waals surface area contributed by atoms with Gasteiger partial charge in [0.2, 0.25) is 0 Å². The summed E-state index contributed by atoms with van der Waals surface area (Å²) in [6, 6.07) is 15.5. The number of amides is 1. The number of likely N-dealkylation sites (N-methyl/N-ethyl adjacent to an activating group) is 1. The standard InChI is InChI=1S/C17H16BrN3O.C2HF3O2/c1-11-5-3-6-12(9-11)17(13-7-4-8-14(18)10-13)15(22)21(2)16(19)20-17;3-2(4,5)1(6)7/h3-10H,1-2H3,(H2,19,20);(H,6,7). The van der Waals surface area contributed by atoms with Crippen molar-refractivity contribution in [3.63, 3.8) is 0 Å². The number of hydrogen-bond donors (Lipinski definition) is 2. The average Bonchev–Trinajstić information content (AvgIpc) is 2.86. The Hall–Kier alpha value is -2.88. The molecule has 0 spiro atoms. The first-order chi connectivity index (χ1) is 13.4. The Balaban J connectivity index is 0.000000370. The van der Waals surface area contributed by atoms with Gasteiger partial charge in [-0.15, -0.1) is 0 Å². The summed E-state index contributed by atoms with van der Waals surface area (Å²) in [4.78, 5) is 27.8. The van der Waals surface area contributed by atoms with E-state index in [-0.39, 0.29) is 11.9 Å². The minimum absolute atomic E-state index is 0.145. The Labute approximate surface area is 173 Å². The third kappa shape index (κ3) is 4.58. The number of aryl methyl sites for hydroxylation is 1. The molecule has 0 bridgehead atoms. The van der Waals surface area contributed by atoms with Crippen LogP contribution in [0.5, 0.6) is 0 Å². The van der Waals surface area contributed by atoms with Crippen LogP contribution < -0.4 is 5.73 Å². The van der Waals surface area contributed by atoms with Gasteiger partial charge in [0, 0.05) is 11.5 Å². The largest absolute Gasteiger partial charge is 0.490 e. The topological polar surface area (TPSA) is 96.0 Å². The van der Waals surface area contributed by atoms with Gasteiger partial charge in [-0.25, -0.2) is 9.79 Å². The molecule has 1 aliphatic rings. The first kappa shape index (κ1) is 22.4. The van der Waals surface area contributed by atoms with Crippen LogP contribution in [-0.2, 0) is 15.1 Å². The van der Waals surface area contributed by atoms with Crippen LogP contribution in [0.2, 0.25) is 0 Å². The highest BCUT2D eigenvalue weighted by molar-refractivity contribution is 9.10. The van der Waals surface area contributed by atoms with E-state index in [1.165, 1.54) is 4.90 Å². The highest BCUT2D eigenvalue weighted by Crippen LogP contribution is 2.40. The summed E-state index contributed by atoms with van der Waals surface area (Å²) in [5, 5.41) is 7.12. The van der Waals surface area contributed by atoms with Crippen molar-refractivity contribution in [3.8, 4) is 0 Å². The summed E-state index contributed by atoms with van der Waals surface area (Å²) in [5.74, 6) is -2.67. The lowest BCUT2D eigenvalue weighted by molar-refractivity contribution is -0.192. The van der Waals surface area contributed by atoms with Gasteiger partial charge < -0.3 is 10.8 Å². The van der Waals surface area contributed by atoms with E-state index in [4.69, 9.17) is 15.6 Å². The van der Waals surface area contributed by atoms with Crippen molar-refractivity contribution in [2.45, 2.75) is 18.6 Å². The number of carboxylic acids is 1. The summed E-state index contributed by atoms with van der Waals surface area (Å²) in [6.45, 7) is 1.99. The second-order valence-electron chi connectivity index (χ2n) is 6.23. The molecule has 10 heteroatoms. The lowest BCUT2D eigenvalue weighted by Crippen LogP contribution is -2.41. The van der Waals surface area contributed by atoms with Gasteiger partial charge in [0.25, 0.3) is 5.91 Å². The van der Waals surface area contributed by atoms with Crippen molar-refractivity contribution in [2.75, 3.05) is 7.05 Å². The van der Waals surface area contributed by atoms with Crippen LogP contribution in [0, 0.1) is 6.92 Å². The summed E-state index contributed by atoms with van der Waals surface area (Å²) in [7, 11) is 1.65. The lowest BCUT2D eigenvalue weighted by Gasteiger charge is -2.26. The maximum atomic E-state index is 13.0. The Morgan fingerprint density at radius 3 is 2.10 bits per heavy atom. The zero-order valence-electron chi connectivity index (χ0n) is 15.4. The summed E-state index contributed by atoms with van der Waals surface area (Å²) in [6.07, 6.45) is -5.08. The molecule has 3 N–H and O–H groups in total. The predicted molar refractivity (Wildman–Crippen MR) is 104 cm³/mol. The smallest absolute Gasteiger partial charge is 0.475 e. The number of halogens is 4. The molecule has 0 saturated carbocycles. The zero-order valence-corrected chi connectivity index (χ0v) is 17.0. The number of nitrogens with two attached hydrogens (primary N) is 1. The van der Waals surface area contributed by atoms with E-state index < -0.39 is 17.7 Å². The predicted octanol–water partition coefficient (Wildman–Crippen LogP) is 3.42. The summed E-state index contributed by atoms with van der Waals surface area (Å²) in [5.41, 5.74) is 7.51. The number of nitrogens with zero attached hydrogens (tertiary/aromatic N) is 2. The Morgan fingerprint density at radius 1 is 1.17 bits per heavy atom. The zero-order chi connectivity index (χ0) is 22.0. The highest BCUT2D eigenvalue weighted by Gasteiger charge is 2.49. The number of carbonyl (C=O) groups is 2. The number of aliphatic carboxylic acids is 1. The molecule has 0 aromatic heterocycles. The van der Waals surface area contributed by atoms with Crippen LogP contribution in [0.25, 0.3) is 0 Å². The molecular weight excluding hydrogens is 455 g/mol. The number of rotatable bonds is 2. The number of carboxylic acid groups (broad SMARTS) is 1. The normalized spacial score (nSPS) is 18.8. The summed E-state index contributed by atoms with van der Waals surface area (Å²) < 4.78 is 32.6. The van der Waals surface area contributed by atoms with Crippen LogP contribution in [-0.4, -0.2) is 41.1 Å². The number of benzene rings is 2. The van der Waals surface area contributed by atoms with Crippen LogP contribution in [0.1, 0.15) is 16.7 Å². The molecule has 3 rings (SSSR count). The monoisotopic (exact) mass is 471 g/mol. The van der Waals surface area contributed by atoms with Crippen LogP contribution >= 0.6 is 15.9 Å². The molecule has 2 aromatic rings. The van der Waals surface area contributed by atoms with Crippen LogP contribution in [0.4, 0.5) is 13.2 Å². The van der Waals surface area contributed by atoms with Crippen molar-refractivity contribution in [1.82, 2.24) is 4.90 Å². The number of alkyl halides is 3. The van der Waals surface area contributed by atoms with Crippen molar-refractivity contribution in [1.29, 1.82) is 0 Å². The SMILES string of the molecule is Cc1cccc(C2(c3cccc(Br)c3)N=C(N)N(C)C2=O)c1.O=C(O)C(F)(F)F. The molecule has 1 aliphatic heterocycles. The van der Waals surface area contributed by atoms with E-state index in [9.17, 15) is 18.0 Å². The first-order valence-electron chi connectivity index (χ1n) is 8.16. The third-order valence-electron chi connectivity index (χ3n) is 4.16. The van der Waals surface area contributed by atoms with E-state index in [0.717, 1.165) is 21.2 Å². The van der Waals surface area contributed by atoms with Gasteiger partial charge in [-0.05, 0) is 30.2 Å². The first-order valence-corrected chi connectivity index (χ1v) is 8.95. The number of hydrogen-bond acceptors (Lipinski definition) is 4. The molecule has 1 atom stereocenters. The Morgan fingerprint density at radius 2 is 1.69 bits per heavy atom. The molecule has 0 saturated heterocycles.